The monoisotopic (exact) mass is 244 g/mol. The number of benzene rings is 1. The first-order chi connectivity index (χ1) is 8.93. The molecule has 98 valence electrons. The van der Waals surface area contributed by atoms with Crippen molar-refractivity contribution in [3.8, 4) is 0 Å². The maximum absolute atomic E-state index is 3.71. The van der Waals surface area contributed by atoms with E-state index in [1.54, 1.807) is 0 Å². The average molecular weight is 244 g/mol. The number of hydrogen-bond acceptors (Lipinski definition) is 2. The van der Waals surface area contributed by atoms with Crippen molar-refractivity contribution in [2.24, 2.45) is 0 Å². The van der Waals surface area contributed by atoms with E-state index in [4.69, 9.17) is 0 Å². The van der Waals surface area contributed by atoms with E-state index < -0.39 is 0 Å². The van der Waals surface area contributed by atoms with E-state index >= 15 is 0 Å². The molecule has 2 nitrogen and oxygen atoms in total. The number of fused-ring (bicyclic) bond motifs is 1. The fourth-order valence-electron chi connectivity index (χ4n) is 3.54. The highest BCUT2D eigenvalue weighted by Crippen LogP contribution is 2.25. The molecule has 1 aliphatic carbocycles. The molecule has 2 fully saturated rings. The van der Waals surface area contributed by atoms with Crippen LogP contribution in [0.2, 0.25) is 0 Å². The smallest absolute Gasteiger partial charge is 0.0250 e. The summed E-state index contributed by atoms with van der Waals surface area (Å²) in [4.78, 5) is 2.73. The van der Waals surface area contributed by atoms with E-state index in [9.17, 15) is 0 Å². The van der Waals surface area contributed by atoms with Crippen LogP contribution in [-0.4, -0.2) is 36.6 Å². The number of piperazine rings is 1. The van der Waals surface area contributed by atoms with Crippen molar-refractivity contribution in [1.29, 1.82) is 0 Å². The fourth-order valence-corrected chi connectivity index (χ4v) is 3.54. The Morgan fingerprint density at radius 1 is 1.11 bits per heavy atom. The Morgan fingerprint density at radius 3 is 2.83 bits per heavy atom. The molecule has 2 heteroatoms. The Morgan fingerprint density at radius 2 is 1.94 bits per heavy atom. The second-order valence-corrected chi connectivity index (χ2v) is 5.68. The van der Waals surface area contributed by atoms with Crippen LogP contribution in [0.5, 0.6) is 0 Å². The van der Waals surface area contributed by atoms with Gasteiger partial charge in [-0.05, 0) is 24.8 Å². The van der Waals surface area contributed by atoms with Crippen molar-refractivity contribution in [1.82, 2.24) is 10.2 Å². The Kier molecular flexibility index (Phi) is 3.96. The van der Waals surface area contributed by atoms with Gasteiger partial charge < -0.3 is 5.32 Å². The summed E-state index contributed by atoms with van der Waals surface area (Å²) in [6.45, 7) is 3.64. The molecule has 1 heterocycles. The first-order valence-electron chi connectivity index (χ1n) is 7.45. The third-order valence-electron chi connectivity index (χ3n) is 4.53. The summed E-state index contributed by atoms with van der Waals surface area (Å²) in [5.41, 5.74) is 1.48. The second-order valence-electron chi connectivity index (χ2n) is 5.68. The number of nitrogens with zero attached hydrogens (tertiary/aromatic N) is 1. The molecule has 0 amide bonds. The summed E-state index contributed by atoms with van der Waals surface area (Å²) in [6.07, 6.45) is 6.81. The highest BCUT2D eigenvalue weighted by atomic mass is 15.2. The van der Waals surface area contributed by atoms with Gasteiger partial charge >= 0.3 is 0 Å². The molecular weight excluding hydrogens is 220 g/mol. The fraction of sp³-hybridized carbons (Fsp3) is 0.625. The van der Waals surface area contributed by atoms with E-state index in [2.05, 4.69) is 40.5 Å². The van der Waals surface area contributed by atoms with Gasteiger partial charge in [0.25, 0.3) is 0 Å². The first kappa shape index (κ1) is 12.2. The van der Waals surface area contributed by atoms with Crippen molar-refractivity contribution in [3.63, 3.8) is 0 Å². The minimum absolute atomic E-state index is 0.767. The summed E-state index contributed by atoms with van der Waals surface area (Å²) in [5.74, 6) is 0. The van der Waals surface area contributed by atoms with Crippen molar-refractivity contribution < 1.29 is 0 Å². The molecule has 0 aromatic heterocycles. The molecule has 0 spiro atoms. The van der Waals surface area contributed by atoms with E-state index in [1.165, 1.54) is 57.3 Å². The molecule has 1 N–H and O–H groups in total. The Labute approximate surface area is 110 Å². The molecule has 1 aliphatic heterocycles. The average Bonchev–Trinajstić information content (AvgIpc) is 2.46. The zero-order valence-electron chi connectivity index (χ0n) is 11.1. The number of hydrogen-bond donors (Lipinski definition) is 1. The lowest BCUT2D eigenvalue weighted by molar-refractivity contribution is 0.0893. The summed E-state index contributed by atoms with van der Waals surface area (Å²) < 4.78 is 0. The van der Waals surface area contributed by atoms with Gasteiger partial charge in [-0.1, -0.05) is 43.2 Å². The largest absolute Gasteiger partial charge is 0.311 e. The van der Waals surface area contributed by atoms with E-state index in [0.29, 0.717) is 0 Å². The van der Waals surface area contributed by atoms with Gasteiger partial charge in [-0.2, -0.15) is 0 Å². The Bertz CT molecular complexity index is 361. The molecule has 1 aromatic carbocycles. The SMILES string of the molecule is c1ccc(CCN2CCN[C@@H]3CCCC[C@H]32)cc1. The van der Waals surface area contributed by atoms with Crippen LogP contribution >= 0.6 is 0 Å². The van der Waals surface area contributed by atoms with Crippen LogP contribution in [0.3, 0.4) is 0 Å². The first-order valence-corrected chi connectivity index (χ1v) is 7.45. The predicted molar refractivity (Wildman–Crippen MR) is 75.8 cm³/mol. The van der Waals surface area contributed by atoms with Crippen molar-refractivity contribution in [2.75, 3.05) is 19.6 Å². The maximum atomic E-state index is 3.71. The van der Waals surface area contributed by atoms with Crippen LogP contribution < -0.4 is 5.32 Å². The van der Waals surface area contributed by atoms with Crippen LogP contribution in [-0.2, 0) is 6.42 Å². The van der Waals surface area contributed by atoms with Gasteiger partial charge in [0.2, 0.25) is 0 Å². The number of rotatable bonds is 3. The summed E-state index contributed by atoms with van der Waals surface area (Å²) in [6, 6.07) is 12.5. The second kappa shape index (κ2) is 5.85. The van der Waals surface area contributed by atoms with Crippen molar-refractivity contribution >= 4 is 0 Å². The molecule has 2 atom stereocenters. The van der Waals surface area contributed by atoms with Crippen LogP contribution in [0.4, 0.5) is 0 Å². The van der Waals surface area contributed by atoms with Gasteiger partial charge in [0.15, 0.2) is 0 Å². The van der Waals surface area contributed by atoms with Gasteiger partial charge in [-0.15, -0.1) is 0 Å². The van der Waals surface area contributed by atoms with Gasteiger partial charge in [0, 0.05) is 31.7 Å². The van der Waals surface area contributed by atoms with E-state index in [1.807, 2.05) is 0 Å². The molecule has 18 heavy (non-hydrogen) atoms. The molecule has 0 radical (unpaired) electrons. The summed E-state index contributed by atoms with van der Waals surface area (Å²) in [7, 11) is 0. The van der Waals surface area contributed by atoms with Gasteiger partial charge in [0.1, 0.15) is 0 Å². The highest BCUT2D eigenvalue weighted by Gasteiger charge is 2.32. The normalized spacial score (nSPS) is 28.9. The lowest BCUT2D eigenvalue weighted by Crippen LogP contribution is -2.59. The van der Waals surface area contributed by atoms with Crippen LogP contribution in [0.15, 0.2) is 30.3 Å². The van der Waals surface area contributed by atoms with Crippen LogP contribution in [0.25, 0.3) is 0 Å². The maximum Gasteiger partial charge on any atom is 0.0250 e. The third-order valence-corrected chi connectivity index (χ3v) is 4.53. The quantitative estimate of drug-likeness (QED) is 0.878. The zero-order chi connectivity index (χ0) is 12.2. The van der Waals surface area contributed by atoms with Gasteiger partial charge in [-0.25, -0.2) is 0 Å². The molecular formula is C16H24N2. The van der Waals surface area contributed by atoms with Gasteiger partial charge in [-0.3, -0.25) is 4.90 Å². The molecule has 3 rings (SSSR count). The molecule has 1 saturated carbocycles. The van der Waals surface area contributed by atoms with E-state index in [0.717, 1.165) is 12.1 Å². The number of nitrogens with one attached hydrogen (secondary N) is 1. The molecule has 1 aromatic rings. The highest BCUT2D eigenvalue weighted by molar-refractivity contribution is 5.15. The Hall–Kier alpha value is -0.860. The summed E-state index contributed by atoms with van der Waals surface area (Å²) >= 11 is 0. The lowest BCUT2D eigenvalue weighted by atomic mass is 9.87. The lowest BCUT2D eigenvalue weighted by Gasteiger charge is -2.44. The van der Waals surface area contributed by atoms with E-state index in [-0.39, 0.29) is 0 Å². The Balaban J connectivity index is 1.58. The van der Waals surface area contributed by atoms with Crippen molar-refractivity contribution in [3.05, 3.63) is 35.9 Å². The van der Waals surface area contributed by atoms with Crippen LogP contribution in [0.1, 0.15) is 31.2 Å². The zero-order valence-corrected chi connectivity index (χ0v) is 11.1. The third kappa shape index (κ3) is 2.76. The molecule has 2 aliphatic rings. The molecule has 0 unspecified atom stereocenters. The van der Waals surface area contributed by atoms with Crippen LogP contribution in [0, 0.1) is 0 Å². The predicted octanol–water partition coefficient (Wildman–Crippen LogP) is 2.45. The topological polar surface area (TPSA) is 15.3 Å². The minimum Gasteiger partial charge on any atom is -0.311 e. The van der Waals surface area contributed by atoms with Crippen molar-refractivity contribution in [2.45, 2.75) is 44.2 Å². The molecule has 0 bridgehead atoms. The van der Waals surface area contributed by atoms with Gasteiger partial charge in [0.05, 0.1) is 0 Å². The standard InChI is InChI=1S/C16H24N2/c1-2-6-14(7-3-1)10-12-18-13-11-17-15-8-4-5-9-16(15)18/h1-3,6-7,15-17H,4-5,8-13H2/t15-,16-/m1/s1. The summed E-state index contributed by atoms with van der Waals surface area (Å²) in [5, 5.41) is 3.71. The minimum atomic E-state index is 0.767. The molecule has 1 saturated heterocycles.